The lowest BCUT2D eigenvalue weighted by atomic mass is 9.46. The largest absolute Gasteiger partial charge is 0.462 e. The maximum Gasteiger partial charge on any atom is 0.305 e. The summed E-state index contributed by atoms with van der Waals surface area (Å²) in [5, 5.41) is 31.4. The highest BCUT2D eigenvalue weighted by atomic mass is 16.6. The molecule has 6 nitrogen and oxygen atoms in total. The lowest BCUT2D eigenvalue weighted by Gasteiger charge is -2.61. The monoisotopic (exact) mass is 382 g/mol. The maximum atomic E-state index is 11.9. The minimum Gasteiger partial charge on any atom is -0.462 e. The molecule has 0 aromatic rings. The lowest BCUT2D eigenvalue weighted by molar-refractivity contribution is -0.248. The van der Waals surface area contributed by atoms with Crippen LogP contribution < -0.4 is 0 Å². The van der Waals surface area contributed by atoms with Gasteiger partial charge in [0.15, 0.2) is 6.29 Å². The first-order valence-electron chi connectivity index (χ1n) is 10.6. The van der Waals surface area contributed by atoms with Gasteiger partial charge in [0.2, 0.25) is 0 Å². The molecule has 1 aliphatic heterocycles. The third kappa shape index (κ3) is 2.86. The van der Waals surface area contributed by atoms with Gasteiger partial charge in [0, 0.05) is 18.3 Å². The van der Waals surface area contributed by atoms with E-state index < -0.39 is 17.8 Å². The Labute approximate surface area is 161 Å². The number of carbonyl (C=O) groups excluding carboxylic acids is 1. The van der Waals surface area contributed by atoms with Crippen molar-refractivity contribution in [3.63, 3.8) is 0 Å². The molecule has 0 bridgehead atoms. The van der Waals surface area contributed by atoms with E-state index >= 15 is 0 Å². The van der Waals surface area contributed by atoms with Crippen LogP contribution >= 0.6 is 0 Å². The van der Waals surface area contributed by atoms with E-state index in [4.69, 9.17) is 9.47 Å². The van der Waals surface area contributed by atoms with Gasteiger partial charge in [-0.25, -0.2) is 0 Å². The quantitative estimate of drug-likeness (QED) is 0.645. The van der Waals surface area contributed by atoms with Crippen LogP contribution in [0.25, 0.3) is 0 Å². The minimum atomic E-state index is -0.726. The molecule has 1 saturated heterocycles. The first kappa shape index (κ1) is 19.6. The Kier molecular flexibility index (Phi) is 5.07. The number of ether oxygens (including phenoxy) is 2. The summed E-state index contributed by atoms with van der Waals surface area (Å²) in [6.45, 7) is 4.58. The van der Waals surface area contributed by atoms with Gasteiger partial charge >= 0.3 is 5.97 Å². The highest BCUT2D eigenvalue weighted by molar-refractivity contribution is 5.69. The molecule has 1 heterocycles. The standard InChI is InChI=1S/C21H34O6/c1-3-17(24)27-16-5-4-14-19-13(6-7-21(14,16)10-22)20(2)11-26-18(25)9-12(20)8-15(19)23/h12-16,18-19,22-23,25H,3-11H2,1-2H3/t12?,13?,14?,15?,16-,18-,19?,20-,21+/m0/s1. The van der Waals surface area contributed by atoms with Crippen molar-refractivity contribution in [1.29, 1.82) is 0 Å². The highest BCUT2D eigenvalue weighted by Gasteiger charge is 2.65. The van der Waals surface area contributed by atoms with Crippen molar-refractivity contribution in [2.24, 2.45) is 34.5 Å². The van der Waals surface area contributed by atoms with Crippen LogP contribution in [0, 0.1) is 34.5 Å². The summed E-state index contributed by atoms with van der Waals surface area (Å²) in [4.78, 5) is 11.9. The average Bonchev–Trinajstić information content (AvgIpc) is 3.02. The molecule has 5 unspecified atom stereocenters. The molecule has 27 heavy (non-hydrogen) atoms. The smallest absolute Gasteiger partial charge is 0.305 e. The number of aliphatic hydroxyl groups excluding tert-OH is 3. The van der Waals surface area contributed by atoms with Gasteiger partial charge in [0.05, 0.1) is 19.3 Å². The van der Waals surface area contributed by atoms with Crippen LogP contribution in [0.15, 0.2) is 0 Å². The summed E-state index contributed by atoms with van der Waals surface area (Å²) in [5.41, 5.74) is -0.478. The van der Waals surface area contributed by atoms with Crippen LogP contribution in [0.1, 0.15) is 58.8 Å². The number of carbonyl (C=O) groups is 1. The van der Waals surface area contributed by atoms with Crippen molar-refractivity contribution in [1.82, 2.24) is 0 Å². The Morgan fingerprint density at radius 3 is 2.67 bits per heavy atom. The van der Waals surface area contributed by atoms with Gasteiger partial charge in [-0.1, -0.05) is 13.8 Å². The van der Waals surface area contributed by atoms with Crippen LogP contribution in [0.5, 0.6) is 0 Å². The second-order valence-electron chi connectivity index (χ2n) is 9.64. The highest BCUT2D eigenvalue weighted by Crippen LogP contribution is 2.65. The van der Waals surface area contributed by atoms with Crippen molar-refractivity contribution < 1.29 is 29.6 Å². The van der Waals surface area contributed by atoms with E-state index in [0.29, 0.717) is 31.8 Å². The first-order valence-corrected chi connectivity index (χ1v) is 10.6. The van der Waals surface area contributed by atoms with E-state index in [0.717, 1.165) is 25.7 Å². The number of hydrogen-bond donors (Lipinski definition) is 3. The molecular weight excluding hydrogens is 348 g/mol. The summed E-state index contributed by atoms with van der Waals surface area (Å²) < 4.78 is 11.4. The molecule has 9 atom stereocenters. The fourth-order valence-electron chi connectivity index (χ4n) is 7.18. The summed E-state index contributed by atoms with van der Waals surface area (Å²) in [6.07, 6.45) is 3.55. The summed E-state index contributed by atoms with van der Waals surface area (Å²) in [6, 6.07) is 0. The molecule has 3 N–H and O–H groups in total. The van der Waals surface area contributed by atoms with Gasteiger partial charge in [-0.2, -0.15) is 0 Å². The SMILES string of the molecule is CCC(=O)O[C@H]1CCC2C3C(O)CC4C[C@@H](O)OC[C@]4(C)C3CC[C@@]21CO. The molecule has 3 saturated carbocycles. The number of fused-ring (bicyclic) bond motifs is 5. The second-order valence-corrected chi connectivity index (χ2v) is 9.64. The van der Waals surface area contributed by atoms with Crippen molar-refractivity contribution in [3.8, 4) is 0 Å². The summed E-state index contributed by atoms with van der Waals surface area (Å²) in [5.74, 6) is 0.617. The number of esters is 1. The molecule has 0 aromatic heterocycles. The predicted octanol–water partition coefficient (Wildman–Crippen LogP) is 1.85. The van der Waals surface area contributed by atoms with Crippen LogP contribution in [0.3, 0.4) is 0 Å². The molecule has 4 fully saturated rings. The van der Waals surface area contributed by atoms with E-state index in [9.17, 15) is 20.1 Å². The lowest BCUT2D eigenvalue weighted by Crippen LogP contribution is -2.61. The van der Waals surface area contributed by atoms with Crippen LogP contribution in [0.2, 0.25) is 0 Å². The maximum absolute atomic E-state index is 11.9. The van der Waals surface area contributed by atoms with Crippen molar-refractivity contribution in [3.05, 3.63) is 0 Å². The van der Waals surface area contributed by atoms with Crippen molar-refractivity contribution in [2.45, 2.75) is 77.3 Å². The van der Waals surface area contributed by atoms with E-state index in [1.165, 1.54) is 0 Å². The zero-order valence-corrected chi connectivity index (χ0v) is 16.5. The van der Waals surface area contributed by atoms with E-state index in [2.05, 4.69) is 6.92 Å². The van der Waals surface area contributed by atoms with E-state index in [1.54, 1.807) is 6.92 Å². The molecule has 0 radical (unpaired) electrons. The van der Waals surface area contributed by atoms with Crippen molar-refractivity contribution >= 4 is 5.97 Å². The molecule has 4 rings (SSSR count). The van der Waals surface area contributed by atoms with Gasteiger partial charge in [-0.3, -0.25) is 4.79 Å². The molecule has 0 amide bonds. The molecule has 154 valence electrons. The fourth-order valence-corrected chi connectivity index (χ4v) is 7.18. The Morgan fingerprint density at radius 2 is 1.96 bits per heavy atom. The summed E-state index contributed by atoms with van der Waals surface area (Å²) >= 11 is 0. The van der Waals surface area contributed by atoms with Crippen molar-refractivity contribution in [2.75, 3.05) is 13.2 Å². The first-order chi connectivity index (χ1) is 12.9. The number of aliphatic hydroxyl groups is 3. The van der Waals surface area contributed by atoms with Crippen LogP contribution in [-0.4, -0.2) is 53.0 Å². The van der Waals surface area contributed by atoms with E-state index in [1.807, 2.05) is 0 Å². The molecular formula is C21H34O6. The van der Waals surface area contributed by atoms with Gasteiger partial charge in [-0.15, -0.1) is 0 Å². The second kappa shape index (κ2) is 6.97. The predicted molar refractivity (Wildman–Crippen MR) is 97.4 cm³/mol. The van der Waals surface area contributed by atoms with Crippen LogP contribution in [-0.2, 0) is 14.3 Å². The van der Waals surface area contributed by atoms with Crippen LogP contribution in [0.4, 0.5) is 0 Å². The molecule has 4 aliphatic rings. The van der Waals surface area contributed by atoms with Gasteiger partial charge in [0.25, 0.3) is 0 Å². The van der Waals surface area contributed by atoms with Gasteiger partial charge in [-0.05, 0) is 61.2 Å². The fraction of sp³-hybridized carbons (Fsp3) is 0.952. The topological polar surface area (TPSA) is 96.2 Å². The summed E-state index contributed by atoms with van der Waals surface area (Å²) in [7, 11) is 0. The Hall–Kier alpha value is -0.690. The minimum absolute atomic E-state index is 0.00459. The molecule has 3 aliphatic carbocycles. The normalized spacial score (nSPS) is 51.8. The van der Waals surface area contributed by atoms with E-state index in [-0.39, 0.29) is 41.8 Å². The number of rotatable bonds is 3. The zero-order chi connectivity index (χ0) is 19.4. The Balaban J connectivity index is 1.62. The number of hydrogen-bond acceptors (Lipinski definition) is 6. The molecule has 0 aromatic carbocycles. The zero-order valence-electron chi connectivity index (χ0n) is 16.5. The third-order valence-electron chi connectivity index (χ3n) is 8.65. The molecule has 0 spiro atoms. The Morgan fingerprint density at radius 1 is 1.19 bits per heavy atom. The average molecular weight is 382 g/mol. The Bertz CT molecular complexity index is 581. The van der Waals surface area contributed by atoms with Gasteiger partial charge in [0.1, 0.15) is 6.10 Å². The molecule has 6 heteroatoms. The van der Waals surface area contributed by atoms with Gasteiger partial charge < -0.3 is 24.8 Å². The third-order valence-corrected chi connectivity index (χ3v) is 8.65.